The highest BCUT2D eigenvalue weighted by Crippen LogP contribution is 2.29. The Morgan fingerprint density at radius 2 is 2.05 bits per heavy atom. The second-order valence-electron chi connectivity index (χ2n) is 5.91. The van der Waals surface area contributed by atoms with Crippen molar-refractivity contribution in [1.29, 1.82) is 0 Å². The van der Waals surface area contributed by atoms with Gasteiger partial charge in [0.2, 0.25) is 0 Å². The zero-order chi connectivity index (χ0) is 15.3. The van der Waals surface area contributed by atoms with Crippen molar-refractivity contribution in [2.24, 2.45) is 11.8 Å². The average Bonchev–Trinajstić information content (AvgIpc) is 2.47. The van der Waals surface area contributed by atoms with Gasteiger partial charge in [-0.15, -0.1) is 0 Å². The van der Waals surface area contributed by atoms with E-state index in [1.54, 1.807) is 18.3 Å². The molecule has 0 radical (unpaired) electrons. The van der Waals surface area contributed by atoms with Gasteiger partial charge in [0, 0.05) is 19.3 Å². The minimum atomic E-state index is -3.50. The molecule has 0 aliphatic heterocycles. The molecule has 2 unspecified atom stereocenters. The van der Waals surface area contributed by atoms with Gasteiger partial charge in [-0.25, -0.2) is 18.1 Å². The molecule has 1 aromatic heterocycles. The van der Waals surface area contributed by atoms with Gasteiger partial charge in [-0.05, 0) is 36.9 Å². The molecule has 0 saturated heterocycles. The van der Waals surface area contributed by atoms with E-state index in [1.165, 1.54) is 19.3 Å². The predicted octanol–water partition coefficient (Wildman–Crippen LogP) is 1.91. The van der Waals surface area contributed by atoms with Crippen LogP contribution in [-0.4, -0.2) is 27.0 Å². The summed E-state index contributed by atoms with van der Waals surface area (Å²) in [4.78, 5) is 4.06. The Hall–Kier alpha value is -0.980. The first-order valence-corrected chi connectivity index (χ1v) is 9.10. The summed E-state index contributed by atoms with van der Waals surface area (Å²) in [6.07, 6.45) is 6.38. The summed E-state index contributed by atoms with van der Waals surface area (Å²) in [6.45, 7) is 3.41. The van der Waals surface area contributed by atoms with Crippen LogP contribution in [0.3, 0.4) is 0 Å². The molecule has 1 saturated carbocycles. The lowest BCUT2D eigenvalue weighted by molar-refractivity contribution is 0.257. The van der Waals surface area contributed by atoms with Gasteiger partial charge < -0.3 is 5.32 Å². The lowest BCUT2D eigenvalue weighted by Gasteiger charge is -2.28. The van der Waals surface area contributed by atoms with E-state index in [1.807, 2.05) is 7.05 Å². The molecule has 1 aliphatic rings. The van der Waals surface area contributed by atoms with Crippen molar-refractivity contribution < 1.29 is 8.42 Å². The Kier molecular flexibility index (Phi) is 5.72. The largest absolute Gasteiger partial charge is 0.316 e. The maximum Gasteiger partial charge on any atom is 0.258 e. The Morgan fingerprint density at radius 3 is 2.67 bits per heavy atom. The van der Waals surface area contributed by atoms with Crippen molar-refractivity contribution >= 4 is 10.0 Å². The molecule has 118 valence electrons. The lowest BCUT2D eigenvalue weighted by atomic mass is 9.81. The zero-order valence-corrected chi connectivity index (χ0v) is 13.6. The number of hydrogen-bond acceptors (Lipinski definition) is 4. The number of sulfonamides is 1. The minimum Gasteiger partial charge on any atom is -0.316 e. The Bertz CT molecular complexity index is 543. The van der Waals surface area contributed by atoms with Crippen LogP contribution in [0.2, 0.25) is 0 Å². The maximum atomic E-state index is 12.3. The third kappa shape index (κ3) is 4.49. The van der Waals surface area contributed by atoms with Crippen LogP contribution < -0.4 is 10.0 Å². The van der Waals surface area contributed by atoms with Crippen molar-refractivity contribution in [3.8, 4) is 0 Å². The van der Waals surface area contributed by atoms with Crippen LogP contribution in [0.5, 0.6) is 0 Å². The molecule has 1 aliphatic carbocycles. The number of pyridine rings is 1. The Balaban J connectivity index is 1.97. The molecule has 5 nitrogen and oxygen atoms in total. The summed E-state index contributed by atoms with van der Waals surface area (Å²) >= 11 is 0. The smallest absolute Gasteiger partial charge is 0.258 e. The quantitative estimate of drug-likeness (QED) is 0.842. The van der Waals surface area contributed by atoms with Gasteiger partial charge in [-0.3, -0.25) is 0 Å². The first kappa shape index (κ1) is 16.4. The van der Waals surface area contributed by atoms with E-state index in [-0.39, 0.29) is 5.03 Å². The van der Waals surface area contributed by atoms with E-state index in [9.17, 15) is 8.42 Å². The van der Waals surface area contributed by atoms with Crippen LogP contribution in [0.25, 0.3) is 0 Å². The molecule has 0 amide bonds. The normalized spacial score (nSPS) is 23.1. The maximum absolute atomic E-state index is 12.3. The second-order valence-corrected chi connectivity index (χ2v) is 7.62. The van der Waals surface area contributed by atoms with E-state index in [2.05, 4.69) is 21.9 Å². The Labute approximate surface area is 127 Å². The molecule has 2 N–H and O–H groups in total. The summed E-state index contributed by atoms with van der Waals surface area (Å²) in [5.41, 5.74) is 0.970. The van der Waals surface area contributed by atoms with Gasteiger partial charge in [0.25, 0.3) is 10.0 Å². The summed E-state index contributed by atoms with van der Waals surface area (Å²) < 4.78 is 27.2. The van der Waals surface area contributed by atoms with E-state index >= 15 is 0 Å². The third-order valence-electron chi connectivity index (χ3n) is 4.28. The van der Waals surface area contributed by atoms with Crippen molar-refractivity contribution in [2.75, 3.05) is 13.6 Å². The molecule has 6 heteroatoms. The molecular weight excluding hydrogens is 286 g/mol. The second kappa shape index (κ2) is 7.33. The highest BCUT2D eigenvalue weighted by Gasteiger charge is 2.24. The molecule has 0 bridgehead atoms. The molecule has 0 spiro atoms. The lowest BCUT2D eigenvalue weighted by Crippen LogP contribution is -2.33. The molecule has 1 aromatic rings. The summed E-state index contributed by atoms with van der Waals surface area (Å²) in [5.74, 6) is 1.03. The van der Waals surface area contributed by atoms with Gasteiger partial charge in [0.15, 0.2) is 5.03 Å². The molecule has 1 fully saturated rings. The minimum absolute atomic E-state index is 0.103. The predicted molar refractivity (Wildman–Crippen MR) is 83.3 cm³/mol. The van der Waals surface area contributed by atoms with Crippen LogP contribution in [0.15, 0.2) is 23.4 Å². The molecule has 21 heavy (non-hydrogen) atoms. The number of aromatic nitrogens is 1. The van der Waals surface area contributed by atoms with Gasteiger partial charge in [-0.2, -0.15) is 0 Å². The van der Waals surface area contributed by atoms with Crippen molar-refractivity contribution in [1.82, 2.24) is 15.0 Å². The van der Waals surface area contributed by atoms with Crippen LogP contribution in [0.1, 0.15) is 38.2 Å². The van der Waals surface area contributed by atoms with E-state index < -0.39 is 10.0 Å². The monoisotopic (exact) mass is 311 g/mol. The summed E-state index contributed by atoms with van der Waals surface area (Å²) in [5, 5.41) is 3.11. The fourth-order valence-electron chi connectivity index (χ4n) is 2.87. The molecule has 0 aromatic carbocycles. The fourth-order valence-corrected chi connectivity index (χ4v) is 3.89. The first-order chi connectivity index (χ1) is 10.0. The van der Waals surface area contributed by atoms with E-state index in [4.69, 9.17) is 0 Å². The summed E-state index contributed by atoms with van der Waals surface area (Å²) in [6, 6.07) is 3.36. The van der Waals surface area contributed by atoms with Crippen LogP contribution in [0.4, 0.5) is 0 Å². The fraction of sp³-hybridized carbons (Fsp3) is 0.667. The first-order valence-electron chi connectivity index (χ1n) is 7.62. The number of nitrogens with zero attached hydrogens (tertiary/aromatic N) is 1. The van der Waals surface area contributed by atoms with Crippen molar-refractivity contribution in [3.63, 3.8) is 0 Å². The molecule has 2 atom stereocenters. The molecule has 1 heterocycles. The van der Waals surface area contributed by atoms with Gasteiger partial charge in [0.1, 0.15) is 0 Å². The van der Waals surface area contributed by atoms with Gasteiger partial charge in [-0.1, -0.05) is 32.3 Å². The topological polar surface area (TPSA) is 71.1 Å². The highest BCUT2D eigenvalue weighted by molar-refractivity contribution is 7.89. The highest BCUT2D eigenvalue weighted by atomic mass is 32.2. The number of hydrogen-bond donors (Lipinski definition) is 2. The van der Waals surface area contributed by atoms with Crippen molar-refractivity contribution in [2.45, 2.75) is 44.2 Å². The van der Waals surface area contributed by atoms with E-state index in [0.29, 0.717) is 24.9 Å². The SMILES string of the molecule is CNCc1ccc(S(=O)(=O)NCC2CCCCC2C)nc1. The molecular formula is C15H25N3O2S. The zero-order valence-electron chi connectivity index (χ0n) is 12.8. The van der Waals surface area contributed by atoms with Crippen LogP contribution >= 0.6 is 0 Å². The number of rotatable bonds is 6. The number of nitrogens with one attached hydrogen (secondary N) is 2. The van der Waals surface area contributed by atoms with Crippen LogP contribution in [-0.2, 0) is 16.6 Å². The standard InChI is InChI=1S/C15H25N3O2S/c1-12-5-3-4-6-14(12)11-18-21(19,20)15-8-7-13(9-16-2)10-17-15/h7-8,10,12,14,16,18H,3-6,9,11H2,1-2H3. The Morgan fingerprint density at radius 1 is 1.29 bits per heavy atom. The van der Waals surface area contributed by atoms with Crippen molar-refractivity contribution in [3.05, 3.63) is 23.9 Å². The van der Waals surface area contributed by atoms with Gasteiger partial charge >= 0.3 is 0 Å². The third-order valence-corrected chi connectivity index (χ3v) is 5.62. The van der Waals surface area contributed by atoms with Crippen LogP contribution in [0, 0.1) is 11.8 Å². The summed E-state index contributed by atoms with van der Waals surface area (Å²) in [7, 11) is -1.65. The molecule has 2 rings (SSSR count). The average molecular weight is 311 g/mol. The van der Waals surface area contributed by atoms with Gasteiger partial charge in [0.05, 0.1) is 0 Å². The van der Waals surface area contributed by atoms with E-state index in [0.717, 1.165) is 12.0 Å².